The molecule has 0 radical (unpaired) electrons. The van der Waals surface area contributed by atoms with E-state index in [0.717, 1.165) is 24.5 Å². The van der Waals surface area contributed by atoms with Gasteiger partial charge in [-0.3, -0.25) is 0 Å². The van der Waals surface area contributed by atoms with E-state index in [9.17, 15) is 5.26 Å². The monoisotopic (exact) mass is 230 g/mol. The third kappa shape index (κ3) is 2.56. The fourth-order valence-electron chi connectivity index (χ4n) is 2.30. The number of hydrogen-bond donors (Lipinski definition) is 1. The summed E-state index contributed by atoms with van der Waals surface area (Å²) in [6.07, 6.45) is 4.22. The van der Waals surface area contributed by atoms with Crippen LogP contribution in [-0.2, 0) is 0 Å². The molecule has 1 aliphatic heterocycles. The van der Waals surface area contributed by atoms with Crippen LogP contribution in [0.25, 0.3) is 0 Å². The molecule has 1 aromatic heterocycles. The number of hydrogen-bond acceptors (Lipinski definition) is 4. The van der Waals surface area contributed by atoms with Crippen molar-refractivity contribution in [1.29, 1.82) is 5.26 Å². The quantitative estimate of drug-likeness (QED) is 0.854. The number of nitrogens with zero attached hydrogens (tertiary/aromatic N) is 3. The molecule has 17 heavy (non-hydrogen) atoms. The van der Waals surface area contributed by atoms with Crippen molar-refractivity contribution >= 4 is 5.82 Å². The molecule has 0 bridgehead atoms. The summed E-state index contributed by atoms with van der Waals surface area (Å²) in [5, 5.41) is 12.6. The van der Waals surface area contributed by atoms with Gasteiger partial charge in [-0.1, -0.05) is 0 Å². The van der Waals surface area contributed by atoms with Crippen LogP contribution >= 0.6 is 0 Å². The molecule has 2 rings (SSSR count). The van der Waals surface area contributed by atoms with Crippen LogP contribution in [-0.4, -0.2) is 31.2 Å². The first-order valence-corrected chi connectivity index (χ1v) is 6.02. The normalized spacial score (nSPS) is 19.0. The van der Waals surface area contributed by atoms with Gasteiger partial charge < -0.3 is 10.2 Å². The van der Waals surface area contributed by atoms with Crippen LogP contribution in [0.3, 0.4) is 0 Å². The van der Waals surface area contributed by atoms with E-state index in [1.807, 2.05) is 20.0 Å². The van der Waals surface area contributed by atoms with E-state index < -0.39 is 0 Å². The largest absolute Gasteiger partial charge is 0.357 e. The first-order chi connectivity index (χ1) is 8.22. The van der Waals surface area contributed by atoms with E-state index in [4.69, 9.17) is 0 Å². The second-order valence-electron chi connectivity index (χ2n) is 4.61. The lowest BCUT2D eigenvalue weighted by atomic mass is 10.1. The first-order valence-electron chi connectivity index (χ1n) is 6.02. The zero-order valence-corrected chi connectivity index (χ0v) is 10.4. The predicted octanol–water partition coefficient (Wildman–Crippen LogP) is 1.45. The Labute approximate surface area is 102 Å². The van der Waals surface area contributed by atoms with Gasteiger partial charge in [0.05, 0.1) is 5.56 Å². The Bertz CT molecular complexity index is 430. The van der Waals surface area contributed by atoms with Crippen LogP contribution in [0.15, 0.2) is 12.3 Å². The van der Waals surface area contributed by atoms with E-state index in [0.29, 0.717) is 11.6 Å². The lowest BCUT2D eigenvalue weighted by Gasteiger charge is -2.23. The minimum absolute atomic E-state index is 0.522. The lowest BCUT2D eigenvalue weighted by Crippen LogP contribution is -2.36. The molecule has 0 amide bonds. The average molecular weight is 230 g/mol. The Hall–Kier alpha value is -1.60. The summed E-state index contributed by atoms with van der Waals surface area (Å²) in [5.41, 5.74) is 1.68. The van der Waals surface area contributed by atoms with Gasteiger partial charge in [0.2, 0.25) is 0 Å². The number of aryl methyl sites for hydroxylation is 1. The van der Waals surface area contributed by atoms with Crippen molar-refractivity contribution in [3.63, 3.8) is 0 Å². The van der Waals surface area contributed by atoms with Crippen LogP contribution in [0.5, 0.6) is 0 Å². The number of rotatable bonds is 3. The SMILES string of the molecule is Cc1ccnc(N(C)CC2CCCN2)c1C#N. The molecule has 0 spiro atoms. The fraction of sp³-hybridized carbons (Fsp3) is 0.538. The lowest BCUT2D eigenvalue weighted by molar-refractivity contribution is 0.597. The molecule has 0 aliphatic carbocycles. The zero-order chi connectivity index (χ0) is 12.3. The average Bonchev–Trinajstić information content (AvgIpc) is 2.81. The summed E-state index contributed by atoms with van der Waals surface area (Å²) in [7, 11) is 2.00. The van der Waals surface area contributed by atoms with Crippen molar-refractivity contribution in [2.24, 2.45) is 0 Å². The number of aromatic nitrogens is 1. The predicted molar refractivity (Wildman–Crippen MR) is 68.0 cm³/mol. The summed E-state index contributed by atoms with van der Waals surface area (Å²) in [6, 6.07) is 4.65. The van der Waals surface area contributed by atoms with Gasteiger partial charge in [-0.15, -0.1) is 0 Å². The Morgan fingerprint density at radius 3 is 3.12 bits per heavy atom. The number of pyridine rings is 1. The van der Waals surface area contributed by atoms with E-state index in [1.165, 1.54) is 12.8 Å². The molecule has 1 saturated heterocycles. The maximum atomic E-state index is 9.18. The first kappa shape index (κ1) is 11.9. The van der Waals surface area contributed by atoms with Crippen LogP contribution in [0.2, 0.25) is 0 Å². The molecule has 1 aliphatic rings. The Kier molecular flexibility index (Phi) is 3.60. The van der Waals surface area contributed by atoms with Gasteiger partial charge in [0.15, 0.2) is 0 Å². The van der Waals surface area contributed by atoms with Crippen molar-refractivity contribution in [2.75, 3.05) is 25.0 Å². The number of likely N-dealkylation sites (N-methyl/N-ethyl adjacent to an activating group) is 1. The molecule has 1 unspecified atom stereocenters. The number of nitriles is 1. The van der Waals surface area contributed by atoms with Crippen molar-refractivity contribution < 1.29 is 0 Å². The van der Waals surface area contributed by atoms with Gasteiger partial charge in [-0.2, -0.15) is 5.26 Å². The highest BCUT2D eigenvalue weighted by molar-refractivity contribution is 5.56. The third-order valence-electron chi connectivity index (χ3n) is 3.27. The van der Waals surface area contributed by atoms with Crippen molar-refractivity contribution in [2.45, 2.75) is 25.8 Å². The summed E-state index contributed by atoms with van der Waals surface area (Å²) in [4.78, 5) is 6.41. The van der Waals surface area contributed by atoms with Gasteiger partial charge in [-0.25, -0.2) is 4.98 Å². The standard InChI is InChI=1S/C13H18N4/c1-10-5-7-16-13(12(10)8-14)17(2)9-11-4-3-6-15-11/h5,7,11,15H,3-4,6,9H2,1-2H3. The molecule has 1 N–H and O–H groups in total. The number of nitrogens with one attached hydrogen (secondary N) is 1. The minimum Gasteiger partial charge on any atom is -0.357 e. The highest BCUT2D eigenvalue weighted by atomic mass is 15.2. The fourth-order valence-corrected chi connectivity index (χ4v) is 2.30. The van der Waals surface area contributed by atoms with Crippen molar-refractivity contribution in [3.05, 3.63) is 23.4 Å². The Balaban J connectivity index is 2.15. The highest BCUT2D eigenvalue weighted by Crippen LogP contribution is 2.19. The highest BCUT2D eigenvalue weighted by Gasteiger charge is 2.18. The summed E-state index contributed by atoms with van der Waals surface area (Å²) < 4.78 is 0. The van der Waals surface area contributed by atoms with Crippen molar-refractivity contribution in [3.8, 4) is 6.07 Å². The van der Waals surface area contributed by atoms with E-state index in [-0.39, 0.29) is 0 Å². The molecule has 0 saturated carbocycles. The Morgan fingerprint density at radius 1 is 1.65 bits per heavy atom. The van der Waals surface area contributed by atoms with Gasteiger partial charge >= 0.3 is 0 Å². The van der Waals surface area contributed by atoms with Crippen LogP contribution in [0.4, 0.5) is 5.82 Å². The smallest absolute Gasteiger partial charge is 0.146 e. The maximum absolute atomic E-state index is 9.18. The molecule has 90 valence electrons. The molecule has 4 heteroatoms. The molecule has 1 aromatic rings. The number of anilines is 1. The van der Waals surface area contributed by atoms with Gasteiger partial charge in [0.25, 0.3) is 0 Å². The summed E-state index contributed by atoms with van der Waals surface area (Å²) in [6.45, 7) is 3.96. The zero-order valence-electron chi connectivity index (χ0n) is 10.4. The van der Waals surface area contributed by atoms with E-state index in [2.05, 4.69) is 21.3 Å². The third-order valence-corrected chi connectivity index (χ3v) is 3.27. The molecule has 1 fully saturated rings. The topological polar surface area (TPSA) is 52.0 Å². The molecule has 2 heterocycles. The summed E-state index contributed by atoms with van der Waals surface area (Å²) in [5.74, 6) is 0.793. The van der Waals surface area contributed by atoms with Gasteiger partial charge in [0.1, 0.15) is 11.9 Å². The Morgan fingerprint density at radius 2 is 2.47 bits per heavy atom. The van der Waals surface area contributed by atoms with Gasteiger partial charge in [-0.05, 0) is 37.9 Å². The molecular formula is C13H18N4. The molecular weight excluding hydrogens is 212 g/mol. The second kappa shape index (κ2) is 5.15. The molecule has 4 nitrogen and oxygen atoms in total. The van der Waals surface area contributed by atoms with Crippen LogP contribution in [0, 0.1) is 18.3 Å². The maximum Gasteiger partial charge on any atom is 0.146 e. The molecule has 1 atom stereocenters. The van der Waals surface area contributed by atoms with Gasteiger partial charge in [0, 0.05) is 25.8 Å². The minimum atomic E-state index is 0.522. The van der Waals surface area contributed by atoms with Crippen LogP contribution in [0.1, 0.15) is 24.0 Å². The second-order valence-corrected chi connectivity index (χ2v) is 4.61. The van der Waals surface area contributed by atoms with E-state index in [1.54, 1.807) is 6.20 Å². The summed E-state index contributed by atoms with van der Waals surface area (Å²) >= 11 is 0. The van der Waals surface area contributed by atoms with E-state index >= 15 is 0 Å². The van der Waals surface area contributed by atoms with Crippen LogP contribution < -0.4 is 10.2 Å². The molecule has 0 aromatic carbocycles. The van der Waals surface area contributed by atoms with Crippen molar-refractivity contribution in [1.82, 2.24) is 10.3 Å².